The van der Waals surface area contributed by atoms with E-state index in [-0.39, 0.29) is 29.4 Å². The second-order valence-corrected chi connectivity index (χ2v) is 17.6. The molecule has 2 N–H and O–H groups in total. The summed E-state index contributed by atoms with van der Waals surface area (Å²) in [7, 11) is -3.94. The third-order valence-corrected chi connectivity index (χ3v) is 14.2. The van der Waals surface area contributed by atoms with E-state index in [2.05, 4.69) is 14.5 Å². The zero-order valence-corrected chi connectivity index (χ0v) is 29.8. The number of morpholine rings is 1. The Balaban J connectivity index is 1.24. The molecule has 7 atom stereocenters. The maximum Gasteiger partial charge on any atom is 0.264 e. The predicted molar refractivity (Wildman–Crippen MR) is 187 cm³/mol. The number of hydrogen-bond acceptors (Lipinski definition) is 8. The molecule has 9 nitrogen and oxygen atoms in total. The normalized spacial score (nSPS) is 34.2. The molecule has 1 unspecified atom stereocenters. The summed E-state index contributed by atoms with van der Waals surface area (Å²) < 4.78 is 41.7. The van der Waals surface area contributed by atoms with Gasteiger partial charge in [-0.15, -0.1) is 0 Å². The summed E-state index contributed by atoms with van der Waals surface area (Å²) in [5.41, 5.74) is 2.45. The minimum absolute atomic E-state index is 0.127. The van der Waals surface area contributed by atoms with E-state index >= 15 is 0 Å². The lowest BCUT2D eigenvalue weighted by atomic mass is 9.62. The van der Waals surface area contributed by atoms with Crippen molar-refractivity contribution in [2.24, 2.45) is 17.8 Å². The lowest BCUT2D eigenvalue weighted by molar-refractivity contribution is -0.115. The van der Waals surface area contributed by atoms with Crippen LogP contribution < -0.4 is 14.4 Å². The van der Waals surface area contributed by atoms with Gasteiger partial charge in [-0.25, -0.2) is 13.1 Å². The zero-order valence-electron chi connectivity index (χ0n) is 28.2. The SMILES string of the molecule is C[C@@H]1[C@@H](C)CCCC(O)(CN2C[C@H]3C[C@@H]2CO3)[C@@H]2CC[C@H]2CN2CCCCc3cc(Cl)ccc3COc3ccc(cc32)C(=O)NS1(=O)=O. The Morgan fingerprint density at radius 1 is 1.04 bits per heavy atom. The van der Waals surface area contributed by atoms with Crippen LogP contribution in [-0.2, 0) is 27.8 Å². The molecule has 1 amide bonds. The van der Waals surface area contributed by atoms with Gasteiger partial charge in [0.05, 0.1) is 29.2 Å². The highest BCUT2D eigenvalue weighted by atomic mass is 35.5. The van der Waals surface area contributed by atoms with Gasteiger partial charge in [-0.05, 0) is 118 Å². The molecule has 262 valence electrons. The lowest BCUT2D eigenvalue weighted by Gasteiger charge is -2.51. The van der Waals surface area contributed by atoms with Crippen LogP contribution in [0, 0.1) is 17.8 Å². The highest BCUT2D eigenvalue weighted by Gasteiger charge is 2.50. The number of carbonyl (C=O) groups excluding carboxylic acids is 1. The first-order chi connectivity index (χ1) is 23.0. The average molecular weight is 700 g/mol. The molecule has 2 aromatic carbocycles. The molecular weight excluding hydrogens is 650 g/mol. The third kappa shape index (κ3) is 6.97. The number of fused-ring (bicyclic) bond motifs is 5. The number of amides is 1. The molecule has 1 aliphatic carbocycles. The number of sulfonamides is 1. The van der Waals surface area contributed by atoms with Gasteiger partial charge in [-0.2, -0.15) is 0 Å². The van der Waals surface area contributed by atoms with Crippen molar-refractivity contribution in [1.29, 1.82) is 0 Å². The molecule has 48 heavy (non-hydrogen) atoms. The van der Waals surface area contributed by atoms with Gasteiger partial charge in [-0.1, -0.05) is 31.0 Å². The number of aliphatic hydroxyl groups is 1. The van der Waals surface area contributed by atoms with Crippen molar-refractivity contribution in [3.05, 3.63) is 58.1 Å². The van der Waals surface area contributed by atoms with E-state index < -0.39 is 26.8 Å². The summed E-state index contributed by atoms with van der Waals surface area (Å²) in [6.45, 7) is 7.67. The first kappa shape index (κ1) is 34.1. The van der Waals surface area contributed by atoms with Crippen LogP contribution in [0.4, 0.5) is 5.69 Å². The molecule has 3 fully saturated rings. The fraction of sp³-hybridized carbons (Fsp3) is 0.649. The highest BCUT2D eigenvalue weighted by molar-refractivity contribution is 7.90. The number of anilines is 1. The Morgan fingerprint density at radius 3 is 2.65 bits per heavy atom. The van der Waals surface area contributed by atoms with Gasteiger partial charge >= 0.3 is 0 Å². The average Bonchev–Trinajstić information content (AvgIpc) is 3.65. The Bertz CT molecular complexity index is 1620. The van der Waals surface area contributed by atoms with Gasteiger partial charge in [-0.3, -0.25) is 9.69 Å². The number of ether oxygens (including phenoxy) is 2. The number of β-amino-alcohol motifs (C(OH)–C–C–N with tert-alkyl or cyclic N) is 1. The summed E-state index contributed by atoms with van der Waals surface area (Å²) >= 11 is 6.37. The zero-order chi connectivity index (χ0) is 33.6. The van der Waals surface area contributed by atoms with Gasteiger partial charge in [0, 0.05) is 42.8 Å². The van der Waals surface area contributed by atoms with Crippen molar-refractivity contribution >= 4 is 33.2 Å². The molecule has 7 rings (SSSR count). The summed E-state index contributed by atoms with van der Waals surface area (Å²) in [6, 6.07) is 11.5. The second-order valence-electron chi connectivity index (χ2n) is 15.2. The number of aryl methyl sites for hydroxylation is 1. The van der Waals surface area contributed by atoms with Crippen molar-refractivity contribution < 1.29 is 27.8 Å². The van der Waals surface area contributed by atoms with Crippen LogP contribution in [0.1, 0.15) is 86.7 Å². The molecule has 4 bridgehead atoms. The smallest absolute Gasteiger partial charge is 0.264 e. The quantitative estimate of drug-likeness (QED) is 0.420. The molecule has 0 radical (unpaired) electrons. The van der Waals surface area contributed by atoms with E-state index in [1.165, 1.54) is 5.56 Å². The number of likely N-dealkylation sites (tertiary alicyclic amines) is 1. The first-order valence-electron chi connectivity index (χ1n) is 17.9. The summed E-state index contributed by atoms with van der Waals surface area (Å²) in [6.07, 6.45) is 8.06. The van der Waals surface area contributed by atoms with Gasteiger partial charge < -0.3 is 19.5 Å². The largest absolute Gasteiger partial charge is 0.487 e. The minimum atomic E-state index is -3.94. The van der Waals surface area contributed by atoms with Crippen LogP contribution in [0.2, 0.25) is 5.02 Å². The van der Waals surface area contributed by atoms with Crippen LogP contribution in [-0.4, -0.2) is 80.1 Å². The monoisotopic (exact) mass is 699 g/mol. The molecule has 2 aromatic rings. The molecule has 0 spiro atoms. The number of benzene rings is 2. The van der Waals surface area contributed by atoms with Crippen molar-refractivity contribution in [3.8, 4) is 5.75 Å². The molecule has 1 saturated carbocycles. The second kappa shape index (κ2) is 13.7. The fourth-order valence-corrected chi connectivity index (χ4v) is 10.3. The number of halogens is 1. The maximum atomic E-state index is 13.5. The molecule has 4 aliphatic heterocycles. The van der Waals surface area contributed by atoms with Gasteiger partial charge in [0.1, 0.15) is 12.4 Å². The summed E-state index contributed by atoms with van der Waals surface area (Å²) in [4.78, 5) is 18.3. The Morgan fingerprint density at radius 2 is 1.90 bits per heavy atom. The number of nitrogens with one attached hydrogen (secondary N) is 1. The molecule has 4 heterocycles. The fourth-order valence-electron chi connectivity index (χ4n) is 8.82. The van der Waals surface area contributed by atoms with E-state index in [1.807, 2.05) is 25.1 Å². The molecule has 11 heteroatoms. The maximum absolute atomic E-state index is 13.5. The van der Waals surface area contributed by atoms with Gasteiger partial charge in [0.2, 0.25) is 10.0 Å². The van der Waals surface area contributed by atoms with E-state index in [0.717, 1.165) is 82.4 Å². The van der Waals surface area contributed by atoms with Crippen LogP contribution in [0.15, 0.2) is 36.4 Å². The molecule has 2 saturated heterocycles. The highest BCUT2D eigenvalue weighted by Crippen LogP contribution is 2.47. The molecule has 0 aromatic heterocycles. The van der Waals surface area contributed by atoms with Crippen molar-refractivity contribution in [3.63, 3.8) is 0 Å². The van der Waals surface area contributed by atoms with Crippen molar-refractivity contribution in [1.82, 2.24) is 9.62 Å². The van der Waals surface area contributed by atoms with Crippen LogP contribution >= 0.6 is 11.6 Å². The van der Waals surface area contributed by atoms with Crippen LogP contribution in [0.25, 0.3) is 0 Å². The Hall–Kier alpha value is -2.37. The Labute approximate surface area is 290 Å². The van der Waals surface area contributed by atoms with Gasteiger partial charge in [0.25, 0.3) is 5.91 Å². The summed E-state index contributed by atoms with van der Waals surface area (Å²) in [5, 5.41) is 12.6. The lowest BCUT2D eigenvalue weighted by Crippen LogP contribution is -2.57. The topological polar surface area (TPSA) is 108 Å². The molecule has 5 aliphatic rings. The van der Waals surface area contributed by atoms with E-state index in [1.54, 1.807) is 25.1 Å². The minimum Gasteiger partial charge on any atom is -0.487 e. The summed E-state index contributed by atoms with van der Waals surface area (Å²) in [5.74, 6) is 0.247. The Kier molecular flexibility index (Phi) is 9.76. The van der Waals surface area contributed by atoms with E-state index in [0.29, 0.717) is 42.8 Å². The van der Waals surface area contributed by atoms with Crippen LogP contribution in [0.5, 0.6) is 5.75 Å². The number of hydrogen-bond donors (Lipinski definition) is 2. The van der Waals surface area contributed by atoms with E-state index in [4.69, 9.17) is 21.1 Å². The third-order valence-electron chi connectivity index (χ3n) is 12.1. The van der Waals surface area contributed by atoms with E-state index in [9.17, 15) is 18.3 Å². The first-order valence-corrected chi connectivity index (χ1v) is 19.8. The van der Waals surface area contributed by atoms with Crippen molar-refractivity contribution in [2.45, 2.75) is 101 Å². The van der Waals surface area contributed by atoms with Crippen molar-refractivity contribution in [2.75, 3.05) is 37.7 Å². The number of nitrogens with zero attached hydrogens (tertiary/aromatic N) is 2. The standard InChI is InChI=1S/C37H50ClN3O6S/c1-24-6-5-14-37(43,23-41-20-32-18-31(41)22-46-32)33-12-9-28(33)19-40-15-4-3-7-26-16-30(38)11-8-29(26)21-47-35-13-10-27(17-34(35)40)36(42)39-48(44,45)25(24)2/h8,10-11,13,16-17,24-25,28,31-33,43H,3-7,9,12,14-15,18-23H2,1-2H3,(H,39,42)/t24-,25+,28-,31+,32+,33+,37?/m0/s1. The van der Waals surface area contributed by atoms with Crippen LogP contribution in [0.3, 0.4) is 0 Å². The number of carbonyl (C=O) groups is 1. The van der Waals surface area contributed by atoms with Gasteiger partial charge in [0.15, 0.2) is 0 Å². The predicted octanol–water partition coefficient (Wildman–Crippen LogP) is 5.56. The number of rotatable bonds is 2. The molecular formula is C37H50ClN3O6S.